The average molecular weight is 97.1 g/mol. The molecule has 0 spiro atoms. The van der Waals surface area contributed by atoms with Gasteiger partial charge in [-0.15, -0.1) is 0 Å². The second kappa shape index (κ2) is 5.28. The van der Waals surface area contributed by atoms with Crippen molar-refractivity contribution in [3.63, 3.8) is 0 Å². The van der Waals surface area contributed by atoms with E-state index in [-0.39, 0.29) is 0 Å². The summed E-state index contributed by atoms with van der Waals surface area (Å²) < 4.78 is 0. The molecule has 1 heteroatoms. The quantitative estimate of drug-likeness (QED) is 0.370. The lowest BCUT2D eigenvalue weighted by Gasteiger charge is -1.71. The smallest absolute Gasteiger partial charge is 0.139 e. The maximum absolute atomic E-state index is 9.59. The predicted octanol–water partition coefficient (Wildman–Crippen LogP) is 1.90. The van der Waals surface area contributed by atoms with E-state index in [9.17, 15) is 5.11 Å². The molecule has 0 saturated heterocycles. The lowest BCUT2D eigenvalue weighted by molar-refractivity contribution is 0.350. The zero-order valence-corrected chi connectivity index (χ0v) is 4.42. The normalized spacial score (nSPS) is 11.6. The van der Waals surface area contributed by atoms with Gasteiger partial charge in [0, 0.05) is 0 Å². The molecule has 0 aliphatic heterocycles. The minimum absolute atomic E-state index is 0.764. The molecule has 0 aliphatic carbocycles. The van der Waals surface area contributed by atoms with Crippen LogP contribution in [0, 0.1) is 0 Å². The molecule has 0 N–H and O–H groups in total. The van der Waals surface area contributed by atoms with E-state index in [0.29, 0.717) is 0 Å². The van der Waals surface area contributed by atoms with Gasteiger partial charge in [0.15, 0.2) is 0 Å². The van der Waals surface area contributed by atoms with Gasteiger partial charge in [-0.2, -0.15) is 0 Å². The molecule has 0 fully saturated rings. The van der Waals surface area contributed by atoms with Gasteiger partial charge in [0.1, 0.15) is 6.26 Å². The molecule has 0 heterocycles. The van der Waals surface area contributed by atoms with E-state index in [1.807, 2.05) is 19.1 Å². The largest absolute Gasteiger partial charge is 0.299 e. The van der Waals surface area contributed by atoms with Gasteiger partial charge in [-0.1, -0.05) is 12.2 Å². The van der Waals surface area contributed by atoms with Crippen molar-refractivity contribution in [3.05, 3.63) is 24.5 Å². The summed E-state index contributed by atoms with van der Waals surface area (Å²) in [5, 5.41) is 9.59. The van der Waals surface area contributed by atoms with E-state index < -0.39 is 0 Å². The molecule has 0 aromatic heterocycles. The monoisotopic (exact) mass is 97.1 g/mol. The standard InChI is InChI=1S/C6H9O/c1-2-3-4-5-6-7/h2-3,5-6H,4H2,1H3. The van der Waals surface area contributed by atoms with Crippen LogP contribution >= 0.6 is 0 Å². The predicted molar refractivity (Wildman–Crippen MR) is 29.3 cm³/mol. The molecule has 0 aliphatic rings. The third kappa shape index (κ3) is 5.28. The number of hydrogen-bond acceptors (Lipinski definition) is 0. The van der Waals surface area contributed by atoms with Gasteiger partial charge >= 0.3 is 0 Å². The first-order valence-corrected chi connectivity index (χ1v) is 2.30. The number of hydrogen-bond donors (Lipinski definition) is 0. The molecule has 1 radical (unpaired) electrons. The Labute approximate surface area is 44.0 Å². The summed E-state index contributed by atoms with van der Waals surface area (Å²) in [6, 6.07) is 0. The Balaban J connectivity index is 2.98. The van der Waals surface area contributed by atoms with Crippen LogP contribution in [-0.4, -0.2) is 0 Å². The summed E-state index contributed by atoms with van der Waals surface area (Å²) >= 11 is 0. The van der Waals surface area contributed by atoms with Crippen LogP contribution in [0.4, 0.5) is 0 Å². The average Bonchev–Trinajstić information content (AvgIpc) is 1.69. The molecule has 1 nitrogen and oxygen atoms in total. The second-order valence-electron chi connectivity index (χ2n) is 1.18. The van der Waals surface area contributed by atoms with Crippen molar-refractivity contribution in [2.45, 2.75) is 13.3 Å². The zero-order chi connectivity index (χ0) is 5.54. The summed E-state index contributed by atoms with van der Waals surface area (Å²) in [6.45, 7) is 1.93. The summed E-state index contributed by atoms with van der Waals surface area (Å²) in [6.07, 6.45) is 6.98. The maximum Gasteiger partial charge on any atom is 0.139 e. The third-order valence-corrected chi connectivity index (χ3v) is 0.604. The first kappa shape index (κ1) is 6.28. The van der Waals surface area contributed by atoms with E-state index in [4.69, 9.17) is 0 Å². The maximum atomic E-state index is 9.59. The highest BCUT2D eigenvalue weighted by Gasteiger charge is 1.64. The van der Waals surface area contributed by atoms with Gasteiger partial charge in [-0.3, -0.25) is 5.11 Å². The summed E-state index contributed by atoms with van der Waals surface area (Å²) in [5.41, 5.74) is 0. The van der Waals surface area contributed by atoms with Gasteiger partial charge in [-0.05, 0) is 19.4 Å². The Morgan fingerprint density at radius 1 is 1.43 bits per heavy atom. The fourth-order valence-corrected chi connectivity index (χ4v) is 0.270. The van der Waals surface area contributed by atoms with Crippen molar-refractivity contribution < 1.29 is 5.11 Å². The van der Waals surface area contributed by atoms with E-state index in [2.05, 4.69) is 0 Å². The van der Waals surface area contributed by atoms with Crippen LogP contribution < -0.4 is 0 Å². The summed E-state index contributed by atoms with van der Waals surface area (Å²) in [4.78, 5) is 0. The lowest BCUT2D eigenvalue weighted by Crippen LogP contribution is -1.53. The van der Waals surface area contributed by atoms with Crippen LogP contribution in [0.3, 0.4) is 0 Å². The molecular formula is C6H9O. The van der Waals surface area contributed by atoms with Gasteiger partial charge in [0.25, 0.3) is 0 Å². The van der Waals surface area contributed by atoms with E-state index >= 15 is 0 Å². The first-order valence-electron chi connectivity index (χ1n) is 2.30. The lowest BCUT2D eigenvalue weighted by atomic mass is 10.4. The van der Waals surface area contributed by atoms with Crippen LogP contribution in [0.25, 0.3) is 0 Å². The molecule has 7 heavy (non-hydrogen) atoms. The Bertz CT molecular complexity index is 62.2. The Morgan fingerprint density at radius 2 is 2.14 bits per heavy atom. The van der Waals surface area contributed by atoms with Gasteiger partial charge < -0.3 is 0 Å². The highest BCUT2D eigenvalue weighted by Crippen LogP contribution is 1.81. The Morgan fingerprint density at radius 3 is 2.57 bits per heavy atom. The van der Waals surface area contributed by atoms with Gasteiger partial charge in [0.2, 0.25) is 0 Å². The Kier molecular flexibility index (Phi) is 4.74. The molecule has 0 bridgehead atoms. The fraction of sp³-hybridized carbons (Fsp3) is 0.333. The van der Waals surface area contributed by atoms with Crippen molar-refractivity contribution in [1.82, 2.24) is 0 Å². The first-order chi connectivity index (χ1) is 3.41. The van der Waals surface area contributed by atoms with Crippen LogP contribution in [0.2, 0.25) is 0 Å². The molecule has 0 amide bonds. The van der Waals surface area contributed by atoms with Crippen molar-refractivity contribution in [2.24, 2.45) is 0 Å². The van der Waals surface area contributed by atoms with E-state index in [1.165, 1.54) is 0 Å². The van der Waals surface area contributed by atoms with Crippen molar-refractivity contribution in [1.29, 1.82) is 0 Å². The molecule has 0 atom stereocenters. The molecule has 0 saturated carbocycles. The number of rotatable bonds is 2. The third-order valence-electron chi connectivity index (χ3n) is 0.604. The minimum atomic E-state index is 0.764. The zero-order valence-electron chi connectivity index (χ0n) is 4.42. The highest BCUT2D eigenvalue weighted by molar-refractivity contribution is 4.86. The molecule has 0 unspecified atom stereocenters. The highest BCUT2D eigenvalue weighted by atomic mass is 16.2. The number of allylic oxidation sites excluding steroid dienone is 3. The summed E-state index contributed by atoms with van der Waals surface area (Å²) in [7, 11) is 0. The fourth-order valence-electron chi connectivity index (χ4n) is 0.270. The van der Waals surface area contributed by atoms with Crippen LogP contribution in [0.5, 0.6) is 0 Å². The van der Waals surface area contributed by atoms with E-state index in [0.717, 1.165) is 12.7 Å². The molecule has 0 rings (SSSR count). The molecule has 0 aromatic rings. The topological polar surface area (TPSA) is 19.9 Å². The van der Waals surface area contributed by atoms with Crippen molar-refractivity contribution in [2.75, 3.05) is 0 Å². The molecule has 0 aromatic carbocycles. The van der Waals surface area contributed by atoms with Gasteiger partial charge in [-0.25, -0.2) is 0 Å². The minimum Gasteiger partial charge on any atom is -0.299 e. The Hall–Kier alpha value is -0.720. The van der Waals surface area contributed by atoms with Gasteiger partial charge in [0.05, 0.1) is 0 Å². The van der Waals surface area contributed by atoms with E-state index in [1.54, 1.807) is 6.08 Å². The SMILES string of the molecule is CC=CCC=C[O]. The molecular weight excluding hydrogens is 88.1 g/mol. The molecule has 39 valence electrons. The van der Waals surface area contributed by atoms with Crippen LogP contribution in [0.1, 0.15) is 13.3 Å². The second-order valence-corrected chi connectivity index (χ2v) is 1.18. The van der Waals surface area contributed by atoms with Crippen molar-refractivity contribution in [3.8, 4) is 0 Å². The van der Waals surface area contributed by atoms with Crippen molar-refractivity contribution >= 4 is 0 Å². The van der Waals surface area contributed by atoms with Crippen LogP contribution in [0.15, 0.2) is 24.5 Å². The summed E-state index contributed by atoms with van der Waals surface area (Å²) in [5.74, 6) is 0. The van der Waals surface area contributed by atoms with Crippen LogP contribution in [-0.2, 0) is 5.11 Å².